The molecule has 0 aliphatic carbocycles. The molecule has 0 saturated carbocycles. The van der Waals surface area contributed by atoms with E-state index in [1.807, 2.05) is 51.7 Å². The maximum atomic E-state index is 10.8. The standard InChI is InChI=1S/C14H11N3O2S2/c18-12(19)9-21-14-16-15-13(10-4-2-1-3-5-10)17(14)11-6-7-20-8-11/h1-8H,9H2,(H,18,19). The van der Waals surface area contributed by atoms with E-state index in [0.29, 0.717) is 11.0 Å². The van der Waals surface area contributed by atoms with E-state index >= 15 is 0 Å². The molecule has 2 heterocycles. The van der Waals surface area contributed by atoms with Gasteiger partial charge in [-0.05, 0) is 11.4 Å². The van der Waals surface area contributed by atoms with Crippen molar-refractivity contribution in [2.75, 3.05) is 5.75 Å². The van der Waals surface area contributed by atoms with E-state index in [2.05, 4.69) is 10.2 Å². The molecule has 0 bridgehead atoms. The second kappa shape index (κ2) is 6.11. The number of carboxylic acid groups (broad SMARTS) is 1. The number of thiophene rings is 1. The van der Waals surface area contributed by atoms with Crippen molar-refractivity contribution in [1.82, 2.24) is 14.8 Å². The average molecular weight is 317 g/mol. The zero-order valence-corrected chi connectivity index (χ0v) is 12.5. The number of aromatic nitrogens is 3. The van der Waals surface area contributed by atoms with Crippen molar-refractivity contribution in [2.24, 2.45) is 0 Å². The van der Waals surface area contributed by atoms with Gasteiger partial charge in [0.15, 0.2) is 11.0 Å². The molecular weight excluding hydrogens is 306 g/mol. The van der Waals surface area contributed by atoms with Crippen molar-refractivity contribution >= 4 is 29.1 Å². The topological polar surface area (TPSA) is 68.0 Å². The summed E-state index contributed by atoms with van der Waals surface area (Å²) in [5.74, 6) is -0.208. The van der Waals surface area contributed by atoms with Gasteiger partial charge in [-0.3, -0.25) is 9.36 Å². The molecule has 3 aromatic rings. The average Bonchev–Trinajstić information content (AvgIpc) is 3.15. The predicted octanol–water partition coefficient (Wildman–Crippen LogP) is 3.17. The Balaban J connectivity index is 2.07. The van der Waals surface area contributed by atoms with Gasteiger partial charge >= 0.3 is 5.97 Å². The van der Waals surface area contributed by atoms with Gasteiger partial charge in [-0.15, -0.1) is 10.2 Å². The fraction of sp³-hybridized carbons (Fsp3) is 0.0714. The number of hydrogen-bond acceptors (Lipinski definition) is 5. The predicted molar refractivity (Wildman–Crippen MR) is 83.0 cm³/mol. The fourth-order valence-electron chi connectivity index (χ4n) is 1.88. The molecule has 0 spiro atoms. The van der Waals surface area contributed by atoms with Crippen LogP contribution < -0.4 is 0 Å². The molecule has 0 fully saturated rings. The highest BCUT2D eigenvalue weighted by Gasteiger charge is 2.17. The van der Waals surface area contributed by atoms with E-state index in [-0.39, 0.29) is 5.75 Å². The summed E-state index contributed by atoms with van der Waals surface area (Å²) < 4.78 is 1.89. The quantitative estimate of drug-likeness (QED) is 0.732. The van der Waals surface area contributed by atoms with Crippen molar-refractivity contribution in [3.05, 3.63) is 47.2 Å². The van der Waals surface area contributed by atoms with Crippen LogP contribution >= 0.6 is 23.1 Å². The van der Waals surface area contributed by atoms with Crippen LogP contribution in [0, 0.1) is 0 Å². The van der Waals surface area contributed by atoms with Gasteiger partial charge < -0.3 is 5.11 Å². The van der Waals surface area contributed by atoms with Gasteiger partial charge in [0.25, 0.3) is 0 Å². The van der Waals surface area contributed by atoms with Gasteiger partial charge in [0.05, 0.1) is 11.4 Å². The third kappa shape index (κ3) is 2.98. The maximum absolute atomic E-state index is 10.8. The number of aliphatic carboxylic acids is 1. The molecule has 0 aliphatic rings. The van der Waals surface area contributed by atoms with Crippen LogP contribution in [0.5, 0.6) is 0 Å². The number of nitrogens with zero attached hydrogens (tertiary/aromatic N) is 3. The van der Waals surface area contributed by atoms with Crippen molar-refractivity contribution in [3.8, 4) is 17.1 Å². The first-order chi connectivity index (χ1) is 10.3. The summed E-state index contributed by atoms with van der Waals surface area (Å²) in [6.07, 6.45) is 0. The summed E-state index contributed by atoms with van der Waals surface area (Å²) in [6.45, 7) is 0. The second-order valence-electron chi connectivity index (χ2n) is 4.17. The van der Waals surface area contributed by atoms with Crippen LogP contribution in [0.4, 0.5) is 0 Å². The lowest BCUT2D eigenvalue weighted by Gasteiger charge is -2.07. The molecular formula is C14H11N3O2S2. The molecule has 0 unspecified atom stereocenters. The van der Waals surface area contributed by atoms with Gasteiger partial charge in [-0.1, -0.05) is 42.1 Å². The van der Waals surface area contributed by atoms with Crippen molar-refractivity contribution < 1.29 is 9.90 Å². The van der Waals surface area contributed by atoms with E-state index in [0.717, 1.165) is 23.0 Å². The van der Waals surface area contributed by atoms with E-state index in [1.54, 1.807) is 11.3 Å². The maximum Gasteiger partial charge on any atom is 0.313 e. The van der Waals surface area contributed by atoms with E-state index < -0.39 is 5.97 Å². The number of carboxylic acids is 1. The summed E-state index contributed by atoms with van der Waals surface area (Å²) in [6, 6.07) is 11.7. The van der Waals surface area contributed by atoms with Gasteiger partial charge in [-0.25, -0.2) is 0 Å². The molecule has 1 N–H and O–H groups in total. The van der Waals surface area contributed by atoms with Crippen LogP contribution in [-0.4, -0.2) is 31.6 Å². The number of hydrogen-bond donors (Lipinski definition) is 1. The summed E-state index contributed by atoms with van der Waals surface area (Å²) >= 11 is 2.74. The number of thioether (sulfide) groups is 1. The molecule has 7 heteroatoms. The summed E-state index contributed by atoms with van der Waals surface area (Å²) in [5, 5.41) is 21.7. The van der Waals surface area contributed by atoms with Gasteiger partial charge in [0.1, 0.15) is 0 Å². The number of benzene rings is 1. The lowest BCUT2D eigenvalue weighted by Crippen LogP contribution is -2.02. The molecule has 3 rings (SSSR count). The van der Waals surface area contributed by atoms with E-state index in [4.69, 9.17) is 5.11 Å². The van der Waals surface area contributed by atoms with Crippen LogP contribution in [0.1, 0.15) is 0 Å². The second-order valence-corrected chi connectivity index (χ2v) is 5.89. The molecule has 106 valence electrons. The van der Waals surface area contributed by atoms with Crippen LogP contribution in [0.25, 0.3) is 17.1 Å². The minimum atomic E-state index is -0.874. The highest BCUT2D eigenvalue weighted by Crippen LogP contribution is 2.28. The van der Waals surface area contributed by atoms with E-state index in [9.17, 15) is 4.79 Å². The summed E-state index contributed by atoms with van der Waals surface area (Å²) in [7, 11) is 0. The van der Waals surface area contributed by atoms with Gasteiger partial charge in [0, 0.05) is 10.9 Å². The van der Waals surface area contributed by atoms with Crippen molar-refractivity contribution in [2.45, 2.75) is 5.16 Å². The van der Waals surface area contributed by atoms with Crippen LogP contribution in [0.3, 0.4) is 0 Å². The SMILES string of the molecule is O=C(O)CSc1nnc(-c2ccccc2)n1-c1ccsc1. The van der Waals surface area contributed by atoms with Gasteiger partial charge in [-0.2, -0.15) is 11.3 Å². The fourth-order valence-corrected chi connectivity index (χ4v) is 3.17. The highest BCUT2D eigenvalue weighted by atomic mass is 32.2. The third-order valence-electron chi connectivity index (χ3n) is 2.75. The summed E-state index contributed by atoms with van der Waals surface area (Å²) in [4.78, 5) is 10.8. The molecule has 0 radical (unpaired) electrons. The van der Waals surface area contributed by atoms with Crippen LogP contribution in [0.15, 0.2) is 52.3 Å². The largest absolute Gasteiger partial charge is 0.481 e. The first kappa shape index (κ1) is 13.8. The number of carbonyl (C=O) groups is 1. The Bertz CT molecular complexity index is 739. The number of rotatable bonds is 5. The molecule has 0 atom stereocenters. The minimum Gasteiger partial charge on any atom is -0.481 e. The molecule has 0 amide bonds. The lowest BCUT2D eigenvalue weighted by atomic mass is 10.2. The Labute approximate surface area is 129 Å². The molecule has 0 aliphatic heterocycles. The molecule has 21 heavy (non-hydrogen) atoms. The Hall–Kier alpha value is -2.12. The Morgan fingerprint density at radius 1 is 1.24 bits per heavy atom. The van der Waals surface area contributed by atoms with Crippen LogP contribution in [0.2, 0.25) is 0 Å². The monoisotopic (exact) mass is 317 g/mol. The van der Waals surface area contributed by atoms with Crippen LogP contribution in [-0.2, 0) is 4.79 Å². The van der Waals surface area contributed by atoms with Crippen molar-refractivity contribution in [3.63, 3.8) is 0 Å². The zero-order valence-electron chi connectivity index (χ0n) is 10.8. The first-order valence-corrected chi connectivity index (χ1v) is 8.06. The third-order valence-corrected chi connectivity index (χ3v) is 4.34. The summed E-state index contributed by atoms with van der Waals surface area (Å²) in [5.41, 5.74) is 1.88. The lowest BCUT2D eigenvalue weighted by molar-refractivity contribution is -0.133. The van der Waals surface area contributed by atoms with Gasteiger partial charge in [0.2, 0.25) is 0 Å². The Morgan fingerprint density at radius 2 is 2.05 bits per heavy atom. The molecule has 2 aromatic heterocycles. The first-order valence-electron chi connectivity index (χ1n) is 6.13. The highest BCUT2D eigenvalue weighted by molar-refractivity contribution is 7.99. The molecule has 0 saturated heterocycles. The van der Waals surface area contributed by atoms with Crippen molar-refractivity contribution in [1.29, 1.82) is 0 Å². The smallest absolute Gasteiger partial charge is 0.313 e. The normalized spacial score (nSPS) is 10.7. The Morgan fingerprint density at radius 3 is 2.71 bits per heavy atom. The minimum absolute atomic E-state index is 0.0446. The molecule has 1 aromatic carbocycles. The van der Waals surface area contributed by atoms with E-state index in [1.165, 1.54) is 0 Å². The molecule has 5 nitrogen and oxygen atoms in total. The zero-order chi connectivity index (χ0) is 14.7. The Kier molecular flexibility index (Phi) is 4.03.